The average molecular weight is 614 g/mol. The molecule has 3 saturated heterocycles. The molecule has 0 amide bonds. The summed E-state index contributed by atoms with van der Waals surface area (Å²) in [4.78, 5) is 8.41. The summed E-state index contributed by atoms with van der Waals surface area (Å²) in [6, 6.07) is 18.9. The molecule has 0 radical (unpaired) electrons. The van der Waals surface area contributed by atoms with Gasteiger partial charge >= 0.3 is 0 Å². The molecule has 3 aliphatic heterocycles. The largest absolute Gasteiger partial charge is 0.371 e. The second-order valence-corrected chi connectivity index (χ2v) is 15.6. The number of hydrogen-bond donors (Lipinski definition) is 0. The summed E-state index contributed by atoms with van der Waals surface area (Å²) in [6.45, 7) is 9.28. The van der Waals surface area contributed by atoms with Gasteiger partial charge in [-0.2, -0.15) is 5.10 Å². The minimum atomic E-state index is -3.54. The number of piperidine rings is 1. The van der Waals surface area contributed by atoms with Gasteiger partial charge in [0.25, 0.3) is 0 Å². The van der Waals surface area contributed by atoms with E-state index in [0.29, 0.717) is 16.7 Å². The van der Waals surface area contributed by atoms with Gasteiger partial charge in [0.2, 0.25) is 9.84 Å². The highest BCUT2D eigenvalue weighted by Gasteiger charge is 2.46. The lowest BCUT2D eigenvalue weighted by Gasteiger charge is -2.49. The van der Waals surface area contributed by atoms with Crippen molar-refractivity contribution < 1.29 is 8.42 Å². The Hall–Kier alpha value is -2.94. The highest BCUT2D eigenvalue weighted by Crippen LogP contribution is 2.49. The van der Waals surface area contributed by atoms with Crippen LogP contribution < -0.4 is 4.90 Å². The molecule has 1 aromatic heterocycles. The third-order valence-electron chi connectivity index (χ3n) is 10.8. The van der Waals surface area contributed by atoms with Gasteiger partial charge in [0.05, 0.1) is 11.1 Å². The number of likely N-dealkylation sites (tertiary alicyclic amines) is 2. The van der Waals surface area contributed by atoms with Gasteiger partial charge in [0.1, 0.15) is 4.90 Å². The molecule has 0 spiro atoms. The first kappa shape index (κ1) is 29.8. The zero-order valence-electron chi connectivity index (χ0n) is 26.2. The number of anilines is 1. The van der Waals surface area contributed by atoms with Gasteiger partial charge in [0.15, 0.2) is 0 Å². The van der Waals surface area contributed by atoms with Gasteiger partial charge < -0.3 is 14.7 Å². The van der Waals surface area contributed by atoms with E-state index in [1.165, 1.54) is 88.5 Å². The topological polar surface area (TPSA) is 61.7 Å². The monoisotopic (exact) mass is 613 g/mol. The number of aryl methyl sites for hydroxylation is 1. The van der Waals surface area contributed by atoms with Crippen molar-refractivity contribution in [1.29, 1.82) is 0 Å². The molecule has 0 saturated carbocycles. The fourth-order valence-corrected chi connectivity index (χ4v) is 9.73. The number of aromatic nitrogens is 2. The smallest absolute Gasteiger partial charge is 0.209 e. The molecular weight excluding hydrogens is 566 g/mol. The number of allylic oxidation sites excluding steroid dienone is 1. The van der Waals surface area contributed by atoms with E-state index in [1.54, 1.807) is 36.5 Å². The van der Waals surface area contributed by atoms with Crippen molar-refractivity contribution in [3.63, 3.8) is 0 Å². The minimum absolute atomic E-state index is 0.151. The number of sulfone groups is 1. The van der Waals surface area contributed by atoms with Crippen LogP contribution in [0.5, 0.6) is 0 Å². The van der Waals surface area contributed by atoms with Crippen molar-refractivity contribution in [2.24, 2.45) is 18.9 Å². The van der Waals surface area contributed by atoms with Crippen LogP contribution in [-0.4, -0.2) is 80.4 Å². The molecule has 234 valence electrons. The van der Waals surface area contributed by atoms with Gasteiger partial charge in [-0.15, -0.1) is 0 Å². The Kier molecular flexibility index (Phi) is 8.42. The van der Waals surface area contributed by atoms with Crippen molar-refractivity contribution in [1.82, 2.24) is 19.6 Å². The number of rotatable bonds is 10. The van der Waals surface area contributed by atoms with Crippen molar-refractivity contribution in [2.75, 3.05) is 57.3 Å². The molecule has 8 heteroatoms. The second kappa shape index (κ2) is 12.5. The fraction of sp³-hybridized carbons (Fsp3) is 0.528. The van der Waals surface area contributed by atoms with E-state index < -0.39 is 9.84 Å². The molecule has 7 nitrogen and oxygen atoms in total. The van der Waals surface area contributed by atoms with E-state index in [0.717, 1.165) is 25.3 Å². The summed E-state index contributed by atoms with van der Waals surface area (Å²) in [7, 11) is -1.81. The van der Waals surface area contributed by atoms with Crippen molar-refractivity contribution in [3.8, 4) is 0 Å². The van der Waals surface area contributed by atoms with Crippen LogP contribution in [-0.2, 0) is 22.3 Å². The molecule has 1 unspecified atom stereocenters. The molecule has 0 N–H and O–H groups in total. The summed E-state index contributed by atoms with van der Waals surface area (Å²) in [5, 5.41) is 4.02. The van der Waals surface area contributed by atoms with Crippen molar-refractivity contribution >= 4 is 15.5 Å². The third kappa shape index (κ3) is 5.77. The molecule has 3 aromatic rings. The van der Waals surface area contributed by atoms with E-state index >= 15 is 0 Å². The third-order valence-corrected chi connectivity index (χ3v) is 12.6. The van der Waals surface area contributed by atoms with Gasteiger partial charge in [-0.05, 0) is 107 Å². The quantitative estimate of drug-likeness (QED) is 0.280. The molecule has 4 heterocycles. The highest BCUT2D eigenvalue weighted by molar-refractivity contribution is 7.91. The van der Waals surface area contributed by atoms with Gasteiger partial charge in [-0.25, -0.2) is 8.42 Å². The SMILES string of the molecule is Cn1cc(S(=O)(=O)c2ccc(N3CC(CN4CCC(C(CN5CCCC5)(C5=CCCC5)c5ccccc5)CC4)C3)cc2)cn1. The summed E-state index contributed by atoms with van der Waals surface area (Å²) in [5.74, 6) is 1.34. The summed E-state index contributed by atoms with van der Waals surface area (Å²) in [6.07, 6.45) is 14.6. The number of benzene rings is 2. The Bertz CT molecular complexity index is 1550. The normalized spacial score (nSPS) is 22.2. The molecule has 4 aliphatic rings. The maximum Gasteiger partial charge on any atom is 0.209 e. The zero-order valence-corrected chi connectivity index (χ0v) is 27.0. The summed E-state index contributed by atoms with van der Waals surface area (Å²) in [5.41, 5.74) is 4.53. The Balaban J connectivity index is 0.974. The van der Waals surface area contributed by atoms with Crippen molar-refractivity contribution in [3.05, 3.63) is 84.2 Å². The Morgan fingerprint density at radius 2 is 1.59 bits per heavy atom. The van der Waals surface area contributed by atoms with E-state index in [1.807, 2.05) is 12.1 Å². The van der Waals surface area contributed by atoms with Crippen LogP contribution in [0.4, 0.5) is 5.69 Å². The zero-order chi connectivity index (χ0) is 30.1. The predicted octanol–water partition coefficient (Wildman–Crippen LogP) is 5.55. The molecule has 0 bridgehead atoms. The van der Waals surface area contributed by atoms with Crippen LogP contribution in [0.2, 0.25) is 0 Å². The van der Waals surface area contributed by atoms with Gasteiger partial charge in [-0.3, -0.25) is 4.68 Å². The molecule has 1 aliphatic carbocycles. The maximum absolute atomic E-state index is 12.9. The maximum atomic E-state index is 12.9. The van der Waals surface area contributed by atoms with E-state index in [9.17, 15) is 8.42 Å². The minimum Gasteiger partial charge on any atom is -0.371 e. The van der Waals surface area contributed by atoms with E-state index in [-0.39, 0.29) is 10.3 Å². The van der Waals surface area contributed by atoms with Crippen LogP contribution in [0.1, 0.15) is 50.5 Å². The predicted molar refractivity (Wildman–Crippen MR) is 176 cm³/mol. The first-order valence-corrected chi connectivity index (χ1v) is 18.2. The Labute approximate surface area is 263 Å². The Morgan fingerprint density at radius 1 is 0.864 bits per heavy atom. The number of nitrogens with zero attached hydrogens (tertiary/aromatic N) is 5. The van der Waals surface area contributed by atoms with Gasteiger partial charge in [0, 0.05) is 56.4 Å². The molecular formula is C36H47N5O2S. The van der Waals surface area contributed by atoms with Crippen LogP contribution >= 0.6 is 0 Å². The first-order valence-electron chi connectivity index (χ1n) is 16.7. The van der Waals surface area contributed by atoms with E-state index in [4.69, 9.17) is 0 Å². The van der Waals surface area contributed by atoms with Crippen LogP contribution in [0, 0.1) is 11.8 Å². The standard InChI is InChI=1S/C36H47N5O2S/c1-38-27-35(23-37-38)44(42,43)34-15-13-33(14-16-34)41-25-29(26-41)24-39-21-17-32(18-22-39)36(31-11-5-6-12-31,28-40-19-7-8-20-40)30-9-3-2-4-10-30/h2-4,9-11,13-16,23,27,29,32H,5-8,12,17-22,24-26,28H2,1H3. The summed E-state index contributed by atoms with van der Waals surface area (Å²) < 4.78 is 27.4. The first-order chi connectivity index (χ1) is 21.4. The van der Waals surface area contributed by atoms with Crippen LogP contribution in [0.3, 0.4) is 0 Å². The van der Waals surface area contributed by atoms with Crippen LogP contribution in [0.15, 0.2) is 88.4 Å². The van der Waals surface area contributed by atoms with Crippen molar-refractivity contribution in [2.45, 2.75) is 60.2 Å². The highest BCUT2D eigenvalue weighted by atomic mass is 32.2. The lowest BCUT2D eigenvalue weighted by Crippen LogP contribution is -2.54. The lowest BCUT2D eigenvalue weighted by atomic mass is 9.61. The second-order valence-electron chi connectivity index (χ2n) is 13.6. The van der Waals surface area contributed by atoms with E-state index in [2.05, 4.69) is 56.2 Å². The fourth-order valence-electron chi connectivity index (χ4n) is 8.49. The molecule has 3 fully saturated rings. The molecule has 2 aromatic carbocycles. The van der Waals surface area contributed by atoms with Crippen LogP contribution in [0.25, 0.3) is 0 Å². The Morgan fingerprint density at radius 3 is 2.23 bits per heavy atom. The van der Waals surface area contributed by atoms with Gasteiger partial charge in [-0.1, -0.05) is 42.0 Å². The average Bonchev–Trinajstić information content (AvgIpc) is 3.83. The molecule has 7 rings (SSSR count). The summed E-state index contributed by atoms with van der Waals surface area (Å²) >= 11 is 0. The lowest BCUT2D eigenvalue weighted by molar-refractivity contribution is 0.101. The molecule has 1 atom stereocenters. The number of hydrogen-bond acceptors (Lipinski definition) is 6. The molecule has 44 heavy (non-hydrogen) atoms.